The van der Waals surface area contributed by atoms with Crippen LogP contribution in [0.25, 0.3) is 0 Å². The van der Waals surface area contributed by atoms with Gasteiger partial charge in [0.1, 0.15) is 5.75 Å². The fourth-order valence-electron chi connectivity index (χ4n) is 3.23. The fraction of sp³-hybridized carbons (Fsp3) is 0.600. The van der Waals surface area contributed by atoms with Crippen LogP contribution in [0.5, 0.6) is 5.75 Å². The second-order valence-corrected chi connectivity index (χ2v) is 5.38. The summed E-state index contributed by atoms with van der Waals surface area (Å²) in [7, 11) is 0. The molecule has 2 N–H and O–H groups in total. The van der Waals surface area contributed by atoms with Gasteiger partial charge in [0.15, 0.2) is 0 Å². The minimum absolute atomic E-state index is 0.310. The summed E-state index contributed by atoms with van der Waals surface area (Å²) in [6.07, 6.45) is 6.04. The summed E-state index contributed by atoms with van der Waals surface area (Å²) in [5, 5.41) is 0. The highest BCUT2D eigenvalue weighted by molar-refractivity contribution is 5.59. The van der Waals surface area contributed by atoms with Gasteiger partial charge in [-0.25, -0.2) is 0 Å². The van der Waals surface area contributed by atoms with E-state index in [0.717, 1.165) is 31.7 Å². The second-order valence-electron chi connectivity index (χ2n) is 5.38. The van der Waals surface area contributed by atoms with Crippen LogP contribution < -0.4 is 15.4 Å². The first-order valence-electron chi connectivity index (χ1n) is 7.10. The zero-order valence-corrected chi connectivity index (χ0v) is 10.8. The Morgan fingerprint density at radius 2 is 1.94 bits per heavy atom. The summed E-state index contributed by atoms with van der Waals surface area (Å²) < 4.78 is 5.82. The normalized spacial score (nSPS) is 28.2. The fourth-order valence-corrected chi connectivity index (χ4v) is 3.23. The van der Waals surface area contributed by atoms with E-state index in [1.165, 1.54) is 24.9 Å². The monoisotopic (exact) mass is 246 g/mol. The topological polar surface area (TPSA) is 38.5 Å². The number of benzene rings is 1. The van der Waals surface area contributed by atoms with Crippen LogP contribution in [-0.4, -0.2) is 25.2 Å². The predicted octanol–water partition coefficient (Wildman–Crippen LogP) is 2.55. The number of rotatable bonds is 1. The van der Waals surface area contributed by atoms with Gasteiger partial charge in [-0.05, 0) is 31.4 Å². The van der Waals surface area contributed by atoms with Crippen LogP contribution in [-0.2, 0) is 0 Å². The van der Waals surface area contributed by atoms with Crippen molar-refractivity contribution >= 4 is 5.69 Å². The third kappa shape index (κ3) is 2.19. The van der Waals surface area contributed by atoms with Crippen LogP contribution in [0.3, 0.4) is 0 Å². The van der Waals surface area contributed by atoms with E-state index in [9.17, 15) is 0 Å². The summed E-state index contributed by atoms with van der Waals surface area (Å²) in [5.41, 5.74) is 7.57. The average molecular weight is 246 g/mol. The van der Waals surface area contributed by atoms with Gasteiger partial charge < -0.3 is 15.4 Å². The molecule has 98 valence electrons. The Hall–Kier alpha value is -1.22. The molecule has 1 fully saturated rings. The molecule has 1 aliphatic heterocycles. The van der Waals surface area contributed by atoms with Gasteiger partial charge in [0.05, 0.1) is 12.3 Å². The van der Waals surface area contributed by atoms with Gasteiger partial charge in [0.2, 0.25) is 0 Å². The summed E-state index contributed by atoms with van der Waals surface area (Å²) in [4.78, 5) is 2.49. The zero-order valence-electron chi connectivity index (χ0n) is 10.8. The number of nitrogens with zero attached hydrogens (tertiary/aromatic N) is 1. The third-order valence-electron chi connectivity index (χ3n) is 4.16. The highest BCUT2D eigenvalue weighted by Gasteiger charge is 2.30. The van der Waals surface area contributed by atoms with Gasteiger partial charge in [-0.3, -0.25) is 0 Å². The van der Waals surface area contributed by atoms with E-state index in [1.54, 1.807) is 0 Å². The molecule has 0 radical (unpaired) electrons. The van der Waals surface area contributed by atoms with E-state index in [-0.39, 0.29) is 0 Å². The van der Waals surface area contributed by atoms with Crippen molar-refractivity contribution in [2.75, 3.05) is 18.1 Å². The Kier molecular flexibility index (Phi) is 3.41. The number of hydrogen-bond donors (Lipinski definition) is 1. The Balaban J connectivity index is 1.91. The molecular formula is C15H22N2O. The molecule has 1 saturated carbocycles. The van der Waals surface area contributed by atoms with Crippen molar-refractivity contribution < 1.29 is 4.74 Å². The molecule has 0 aromatic heterocycles. The van der Waals surface area contributed by atoms with E-state index >= 15 is 0 Å². The lowest BCUT2D eigenvalue weighted by atomic mass is 9.89. The third-order valence-corrected chi connectivity index (χ3v) is 4.16. The summed E-state index contributed by atoms with van der Waals surface area (Å²) in [6, 6.07) is 9.17. The van der Waals surface area contributed by atoms with E-state index < -0.39 is 0 Å². The maximum absolute atomic E-state index is 6.34. The quantitative estimate of drug-likeness (QED) is 0.827. The molecule has 0 bridgehead atoms. The highest BCUT2D eigenvalue weighted by atomic mass is 16.5. The Bertz CT molecular complexity index is 407. The van der Waals surface area contributed by atoms with Gasteiger partial charge in [-0.2, -0.15) is 0 Å². The van der Waals surface area contributed by atoms with E-state index in [4.69, 9.17) is 10.5 Å². The van der Waals surface area contributed by atoms with Crippen molar-refractivity contribution in [3.63, 3.8) is 0 Å². The summed E-state index contributed by atoms with van der Waals surface area (Å²) in [6.45, 7) is 1.88. The molecule has 2 unspecified atom stereocenters. The van der Waals surface area contributed by atoms with Crippen molar-refractivity contribution in [2.24, 2.45) is 5.73 Å². The van der Waals surface area contributed by atoms with Crippen LogP contribution in [0.15, 0.2) is 24.3 Å². The van der Waals surface area contributed by atoms with E-state index in [1.807, 2.05) is 6.07 Å². The van der Waals surface area contributed by atoms with Crippen LogP contribution in [0.2, 0.25) is 0 Å². The predicted molar refractivity (Wildman–Crippen MR) is 74.1 cm³/mol. The molecule has 3 rings (SSSR count). The van der Waals surface area contributed by atoms with E-state index in [0.29, 0.717) is 12.1 Å². The molecule has 18 heavy (non-hydrogen) atoms. The first-order valence-corrected chi connectivity index (χ1v) is 7.10. The molecule has 0 spiro atoms. The maximum atomic E-state index is 6.34. The smallest absolute Gasteiger partial charge is 0.142 e. The number of anilines is 1. The van der Waals surface area contributed by atoms with E-state index in [2.05, 4.69) is 23.1 Å². The second kappa shape index (κ2) is 5.19. The minimum atomic E-state index is 0.310. The number of hydrogen-bond acceptors (Lipinski definition) is 3. The average Bonchev–Trinajstić information content (AvgIpc) is 2.62. The molecular weight excluding hydrogens is 224 g/mol. The first-order chi connectivity index (χ1) is 8.86. The van der Waals surface area contributed by atoms with Gasteiger partial charge in [-0.15, -0.1) is 0 Å². The molecule has 2 aliphatic rings. The van der Waals surface area contributed by atoms with Gasteiger partial charge >= 0.3 is 0 Å². The number of ether oxygens (including phenoxy) is 1. The van der Waals surface area contributed by atoms with Crippen molar-refractivity contribution in [1.29, 1.82) is 0 Å². The lowest BCUT2D eigenvalue weighted by molar-refractivity contribution is 0.320. The lowest BCUT2D eigenvalue weighted by Crippen LogP contribution is -2.50. The number of nitrogens with two attached hydrogens (primary N) is 1. The Morgan fingerprint density at radius 3 is 2.83 bits per heavy atom. The standard InChI is InChI=1S/C15H22N2O/c16-12-6-1-2-7-13(12)17-10-5-11-18-15-9-4-3-8-14(15)17/h3-4,8-9,12-13H,1-2,5-7,10-11,16H2. The SMILES string of the molecule is NC1CCCCC1N1CCCOc2ccccc21. The first kappa shape index (κ1) is 11.8. The molecule has 1 aromatic rings. The summed E-state index contributed by atoms with van der Waals surface area (Å²) >= 11 is 0. The molecule has 3 nitrogen and oxygen atoms in total. The summed E-state index contributed by atoms with van der Waals surface area (Å²) in [5.74, 6) is 1.02. The van der Waals surface area contributed by atoms with Gasteiger partial charge in [-0.1, -0.05) is 25.0 Å². The molecule has 1 aliphatic carbocycles. The number of para-hydroxylation sites is 2. The van der Waals surface area contributed by atoms with Crippen LogP contribution in [0.1, 0.15) is 32.1 Å². The molecule has 3 heteroatoms. The molecule has 0 amide bonds. The Labute approximate surface area is 109 Å². The Morgan fingerprint density at radius 1 is 1.11 bits per heavy atom. The molecule has 1 heterocycles. The van der Waals surface area contributed by atoms with Crippen molar-refractivity contribution in [2.45, 2.75) is 44.2 Å². The van der Waals surface area contributed by atoms with Crippen LogP contribution >= 0.6 is 0 Å². The van der Waals surface area contributed by atoms with Gasteiger partial charge in [0, 0.05) is 18.6 Å². The molecule has 2 atom stereocenters. The highest BCUT2D eigenvalue weighted by Crippen LogP contribution is 2.35. The number of fused-ring (bicyclic) bond motifs is 1. The molecule has 0 saturated heterocycles. The van der Waals surface area contributed by atoms with Crippen molar-refractivity contribution in [3.8, 4) is 5.75 Å². The van der Waals surface area contributed by atoms with Crippen LogP contribution in [0.4, 0.5) is 5.69 Å². The maximum Gasteiger partial charge on any atom is 0.142 e. The molecule has 1 aromatic carbocycles. The van der Waals surface area contributed by atoms with Crippen molar-refractivity contribution in [1.82, 2.24) is 0 Å². The van der Waals surface area contributed by atoms with Crippen molar-refractivity contribution in [3.05, 3.63) is 24.3 Å². The lowest BCUT2D eigenvalue weighted by Gasteiger charge is -2.39. The van der Waals surface area contributed by atoms with Crippen LogP contribution in [0, 0.1) is 0 Å². The van der Waals surface area contributed by atoms with Gasteiger partial charge in [0.25, 0.3) is 0 Å². The minimum Gasteiger partial charge on any atom is -0.491 e. The largest absolute Gasteiger partial charge is 0.491 e. The zero-order chi connectivity index (χ0) is 12.4.